The largest absolute Gasteiger partial charge is 0.358 e. The molecule has 2 amide bonds. The van der Waals surface area contributed by atoms with Crippen molar-refractivity contribution in [3.05, 3.63) is 52.7 Å². The fourth-order valence-corrected chi connectivity index (χ4v) is 5.14. The summed E-state index contributed by atoms with van der Waals surface area (Å²) in [5.74, 6) is 0.105. The average Bonchev–Trinajstić information content (AvgIpc) is 3.43. The van der Waals surface area contributed by atoms with Crippen molar-refractivity contribution in [1.29, 1.82) is 0 Å². The lowest BCUT2D eigenvalue weighted by Crippen LogP contribution is -2.58. The molecule has 164 valence electrons. The van der Waals surface area contributed by atoms with Gasteiger partial charge in [0.05, 0.1) is 12.6 Å². The highest BCUT2D eigenvalue weighted by Crippen LogP contribution is 2.26. The molecule has 2 saturated heterocycles. The molecule has 2 fully saturated rings. The SMILES string of the molecule is O=C(CC[C@@H]1CNC(=O)[C@@H]2C[C@H](NC(=S)Nc3ccccc3)CN12)NCc1cccs1. The molecule has 1 aromatic carbocycles. The summed E-state index contributed by atoms with van der Waals surface area (Å²) in [4.78, 5) is 28.1. The summed E-state index contributed by atoms with van der Waals surface area (Å²) in [5, 5.41) is 15.1. The van der Waals surface area contributed by atoms with Crippen LogP contribution in [0.1, 0.15) is 24.1 Å². The number of thiocarbonyl (C=S) groups is 1. The first kappa shape index (κ1) is 21.7. The highest BCUT2D eigenvalue weighted by atomic mass is 32.1. The van der Waals surface area contributed by atoms with E-state index in [1.165, 1.54) is 0 Å². The molecule has 2 aliphatic heterocycles. The Bertz CT molecular complexity index is 906. The number of piperazine rings is 1. The number of hydrogen-bond donors (Lipinski definition) is 4. The molecule has 0 unspecified atom stereocenters. The predicted octanol–water partition coefficient (Wildman–Crippen LogP) is 2.07. The van der Waals surface area contributed by atoms with Crippen molar-refractivity contribution < 1.29 is 9.59 Å². The number of hydrogen-bond acceptors (Lipinski definition) is 5. The fraction of sp³-hybridized carbons (Fsp3) is 0.409. The number of thiophene rings is 1. The number of carbonyl (C=O) groups is 2. The molecule has 2 aromatic rings. The molecule has 3 heterocycles. The Hall–Kier alpha value is -2.49. The number of rotatable bonds is 7. The number of fused-ring (bicyclic) bond motifs is 1. The molecule has 31 heavy (non-hydrogen) atoms. The van der Waals surface area contributed by atoms with Crippen LogP contribution in [-0.2, 0) is 16.1 Å². The summed E-state index contributed by atoms with van der Waals surface area (Å²) >= 11 is 7.09. The predicted molar refractivity (Wildman–Crippen MR) is 127 cm³/mol. The van der Waals surface area contributed by atoms with E-state index in [1.807, 2.05) is 47.8 Å². The van der Waals surface area contributed by atoms with Gasteiger partial charge in [0.2, 0.25) is 11.8 Å². The Labute approximate surface area is 191 Å². The van der Waals surface area contributed by atoms with Gasteiger partial charge < -0.3 is 21.3 Å². The molecule has 7 nitrogen and oxygen atoms in total. The second-order valence-electron chi connectivity index (χ2n) is 7.90. The summed E-state index contributed by atoms with van der Waals surface area (Å²) in [5.41, 5.74) is 0.930. The first-order chi connectivity index (χ1) is 15.1. The van der Waals surface area contributed by atoms with E-state index in [9.17, 15) is 9.59 Å². The van der Waals surface area contributed by atoms with Gasteiger partial charge in [-0.2, -0.15) is 0 Å². The second-order valence-corrected chi connectivity index (χ2v) is 9.34. The van der Waals surface area contributed by atoms with Gasteiger partial charge in [-0.1, -0.05) is 24.3 Å². The van der Waals surface area contributed by atoms with Crippen molar-refractivity contribution in [1.82, 2.24) is 20.9 Å². The standard InChI is InChI=1S/C22H27N5O2S2/c28-20(23-13-18-7-4-10-31-18)9-8-17-12-24-21(29)19-11-16(14-27(17)19)26-22(30)25-15-5-2-1-3-6-15/h1-7,10,16-17,19H,8-9,11-14H2,(H,23,28)(H,24,29)(H2,25,26,30)/t16-,17+,19-/m0/s1. The maximum atomic E-state index is 12.4. The maximum Gasteiger partial charge on any atom is 0.237 e. The fourth-order valence-electron chi connectivity index (χ4n) is 4.21. The number of amides is 2. The molecular weight excluding hydrogens is 430 g/mol. The van der Waals surface area contributed by atoms with Crippen molar-refractivity contribution in [3.63, 3.8) is 0 Å². The molecule has 0 aliphatic carbocycles. The molecule has 0 bridgehead atoms. The van der Waals surface area contributed by atoms with Gasteiger partial charge in [0, 0.05) is 42.2 Å². The van der Waals surface area contributed by atoms with E-state index in [4.69, 9.17) is 12.2 Å². The lowest BCUT2D eigenvalue weighted by atomic mass is 10.0. The van der Waals surface area contributed by atoms with Crippen LogP contribution in [0.5, 0.6) is 0 Å². The summed E-state index contributed by atoms with van der Waals surface area (Å²) in [6, 6.07) is 13.8. The summed E-state index contributed by atoms with van der Waals surface area (Å²) in [7, 11) is 0. The van der Waals surface area contributed by atoms with Crippen molar-refractivity contribution in [3.8, 4) is 0 Å². The molecule has 1 aromatic heterocycles. The van der Waals surface area contributed by atoms with Gasteiger partial charge >= 0.3 is 0 Å². The Morgan fingerprint density at radius 1 is 1.23 bits per heavy atom. The third kappa shape index (κ3) is 5.81. The van der Waals surface area contributed by atoms with Crippen LogP contribution in [0.3, 0.4) is 0 Å². The zero-order valence-electron chi connectivity index (χ0n) is 17.2. The van der Waals surface area contributed by atoms with Gasteiger partial charge in [-0.05, 0) is 48.6 Å². The second kappa shape index (κ2) is 10.2. The molecule has 2 aliphatic rings. The molecule has 0 radical (unpaired) electrons. The van der Waals surface area contributed by atoms with E-state index in [2.05, 4.69) is 26.2 Å². The van der Waals surface area contributed by atoms with Crippen molar-refractivity contribution in [2.24, 2.45) is 0 Å². The van der Waals surface area contributed by atoms with Crippen LogP contribution >= 0.6 is 23.6 Å². The number of carbonyl (C=O) groups excluding carboxylic acids is 2. The minimum Gasteiger partial charge on any atom is -0.358 e. The van der Waals surface area contributed by atoms with Gasteiger partial charge in [0.15, 0.2) is 5.11 Å². The summed E-state index contributed by atoms with van der Waals surface area (Å²) in [6.07, 6.45) is 1.86. The minimum atomic E-state index is -0.176. The van der Waals surface area contributed by atoms with Gasteiger partial charge in [-0.15, -0.1) is 11.3 Å². The zero-order valence-corrected chi connectivity index (χ0v) is 18.8. The van der Waals surface area contributed by atoms with E-state index in [1.54, 1.807) is 11.3 Å². The van der Waals surface area contributed by atoms with Crippen LogP contribution in [0, 0.1) is 0 Å². The van der Waals surface area contributed by atoms with Gasteiger partial charge in [0.1, 0.15) is 0 Å². The molecule has 0 spiro atoms. The topological polar surface area (TPSA) is 85.5 Å². The van der Waals surface area contributed by atoms with Gasteiger partial charge in [-0.25, -0.2) is 0 Å². The van der Waals surface area contributed by atoms with E-state index < -0.39 is 0 Å². The lowest BCUT2D eigenvalue weighted by Gasteiger charge is -2.37. The number of anilines is 1. The average molecular weight is 458 g/mol. The van der Waals surface area contributed by atoms with Crippen LogP contribution in [-0.4, -0.2) is 53.0 Å². The Balaban J connectivity index is 1.26. The first-order valence-corrected chi connectivity index (χ1v) is 11.8. The number of nitrogens with zero attached hydrogens (tertiary/aromatic N) is 1. The molecule has 0 saturated carbocycles. The molecule has 4 N–H and O–H groups in total. The molecule has 3 atom stereocenters. The molecule has 4 rings (SSSR count). The van der Waals surface area contributed by atoms with Crippen LogP contribution in [0.4, 0.5) is 5.69 Å². The van der Waals surface area contributed by atoms with Crippen LogP contribution < -0.4 is 21.3 Å². The number of para-hydroxylation sites is 1. The van der Waals surface area contributed by atoms with E-state index in [0.29, 0.717) is 37.5 Å². The summed E-state index contributed by atoms with van der Waals surface area (Å²) in [6.45, 7) is 1.88. The molecule has 9 heteroatoms. The zero-order chi connectivity index (χ0) is 21.6. The van der Waals surface area contributed by atoms with Crippen molar-refractivity contribution in [2.45, 2.75) is 43.9 Å². The lowest BCUT2D eigenvalue weighted by molar-refractivity contribution is -0.129. The van der Waals surface area contributed by atoms with E-state index >= 15 is 0 Å². The Morgan fingerprint density at radius 2 is 2.06 bits per heavy atom. The Kier molecular flexibility index (Phi) is 7.16. The number of benzene rings is 1. The van der Waals surface area contributed by atoms with Crippen molar-refractivity contribution in [2.75, 3.05) is 18.4 Å². The summed E-state index contributed by atoms with van der Waals surface area (Å²) < 4.78 is 0. The Morgan fingerprint density at radius 3 is 2.84 bits per heavy atom. The van der Waals surface area contributed by atoms with E-state index in [0.717, 1.165) is 17.1 Å². The van der Waals surface area contributed by atoms with E-state index in [-0.39, 0.29) is 29.9 Å². The highest BCUT2D eigenvalue weighted by molar-refractivity contribution is 7.80. The van der Waals surface area contributed by atoms with Gasteiger partial charge in [0.25, 0.3) is 0 Å². The quantitative estimate of drug-likeness (QED) is 0.477. The molecular formula is C22H27N5O2S2. The van der Waals surface area contributed by atoms with Crippen LogP contribution in [0.25, 0.3) is 0 Å². The smallest absolute Gasteiger partial charge is 0.237 e. The number of nitrogens with one attached hydrogen (secondary N) is 4. The van der Waals surface area contributed by atoms with Crippen LogP contribution in [0.2, 0.25) is 0 Å². The third-order valence-electron chi connectivity index (χ3n) is 5.73. The minimum absolute atomic E-state index is 0.0453. The first-order valence-electron chi connectivity index (χ1n) is 10.5. The third-order valence-corrected chi connectivity index (χ3v) is 6.83. The normalized spacial score (nSPS) is 23.0. The maximum absolute atomic E-state index is 12.4. The van der Waals surface area contributed by atoms with Crippen molar-refractivity contribution >= 4 is 46.2 Å². The van der Waals surface area contributed by atoms with Gasteiger partial charge in [-0.3, -0.25) is 14.5 Å². The monoisotopic (exact) mass is 457 g/mol. The highest BCUT2D eigenvalue weighted by Gasteiger charge is 2.43. The van der Waals surface area contributed by atoms with Crippen LogP contribution in [0.15, 0.2) is 47.8 Å².